The molecule has 0 spiro atoms. The first-order valence-electron chi connectivity index (χ1n) is 7.43. The van der Waals surface area contributed by atoms with E-state index in [0.717, 1.165) is 12.0 Å². The maximum absolute atomic E-state index is 12.4. The molecule has 1 aromatic carbocycles. The number of aryl methyl sites for hydroxylation is 2. The molecular formula is C17H19NO3S2. The van der Waals surface area contributed by atoms with Crippen molar-refractivity contribution < 1.29 is 13.2 Å². The predicted octanol–water partition coefficient (Wildman–Crippen LogP) is 3.51. The Balaban J connectivity index is 1.74. The molecule has 1 saturated carbocycles. The Hall–Kier alpha value is -1.66. The molecule has 122 valence electrons. The summed E-state index contributed by atoms with van der Waals surface area (Å²) in [5.74, 6) is 0.247. The van der Waals surface area contributed by atoms with Gasteiger partial charge in [0.1, 0.15) is 0 Å². The van der Waals surface area contributed by atoms with Crippen molar-refractivity contribution in [3.8, 4) is 0 Å². The summed E-state index contributed by atoms with van der Waals surface area (Å²) in [6.45, 7) is 3.92. The molecule has 1 N–H and O–H groups in total. The lowest BCUT2D eigenvalue weighted by molar-refractivity contribution is -0.117. The third-order valence-electron chi connectivity index (χ3n) is 4.15. The van der Waals surface area contributed by atoms with Crippen LogP contribution in [0.25, 0.3) is 0 Å². The summed E-state index contributed by atoms with van der Waals surface area (Å²) in [5, 5.41) is 2.89. The monoisotopic (exact) mass is 349 g/mol. The topological polar surface area (TPSA) is 63.2 Å². The molecule has 1 aliphatic carbocycles. The summed E-state index contributed by atoms with van der Waals surface area (Å²) >= 11 is 1.74. The Kier molecular flexibility index (Phi) is 4.06. The maximum Gasteiger partial charge on any atom is 0.228 e. The van der Waals surface area contributed by atoms with Crippen molar-refractivity contribution in [2.45, 2.75) is 31.1 Å². The van der Waals surface area contributed by atoms with E-state index in [1.807, 2.05) is 6.92 Å². The second-order valence-electron chi connectivity index (χ2n) is 6.14. The van der Waals surface area contributed by atoms with Gasteiger partial charge in [0, 0.05) is 33.5 Å². The zero-order valence-electron chi connectivity index (χ0n) is 13.3. The van der Waals surface area contributed by atoms with Gasteiger partial charge in [-0.25, -0.2) is 8.42 Å². The quantitative estimate of drug-likeness (QED) is 0.919. The number of benzene rings is 1. The molecular weight excluding hydrogens is 330 g/mol. The molecule has 0 radical (unpaired) electrons. The number of thiophene rings is 1. The van der Waals surface area contributed by atoms with E-state index >= 15 is 0 Å². The second-order valence-corrected chi connectivity index (χ2v) is 9.47. The van der Waals surface area contributed by atoms with Crippen molar-refractivity contribution in [1.82, 2.24) is 0 Å². The summed E-state index contributed by atoms with van der Waals surface area (Å²) in [6.07, 6.45) is 2.02. The molecule has 0 saturated heterocycles. The number of hydrogen-bond donors (Lipinski definition) is 1. The number of anilines is 1. The standard InChI is InChI=1S/C17H19NO3S2/c1-10-4-6-12(23(3,20)21)8-15(10)18-17(19)14-9-13(14)16-7-5-11(2)22-16/h4-8,13-14H,9H2,1-3H3,(H,18,19)/t13-,14-/m1/s1. The third kappa shape index (κ3) is 3.48. The minimum absolute atomic E-state index is 0.0191. The lowest BCUT2D eigenvalue weighted by Crippen LogP contribution is -2.15. The molecule has 0 aliphatic heterocycles. The Morgan fingerprint density at radius 2 is 1.96 bits per heavy atom. The number of amides is 1. The van der Waals surface area contributed by atoms with Crippen LogP contribution in [0.2, 0.25) is 0 Å². The van der Waals surface area contributed by atoms with Crippen LogP contribution >= 0.6 is 11.3 Å². The van der Waals surface area contributed by atoms with Crippen LogP contribution in [0.15, 0.2) is 35.2 Å². The van der Waals surface area contributed by atoms with E-state index < -0.39 is 9.84 Å². The highest BCUT2D eigenvalue weighted by Gasteiger charge is 2.44. The highest BCUT2D eigenvalue weighted by Crippen LogP contribution is 2.50. The van der Waals surface area contributed by atoms with E-state index in [1.54, 1.807) is 23.5 Å². The molecule has 1 aliphatic rings. The number of sulfone groups is 1. The second kappa shape index (κ2) is 5.76. The molecule has 0 unspecified atom stereocenters. The molecule has 1 aromatic heterocycles. The van der Waals surface area contributed by atoms with Crippen LogP contribution in [-0.2, 0) is 14.6 Å². The van der Waals surface area contributed by atoms with Crippen LogP contribution in [0.1, 0.15) is 27.7 Å². The Morgan fingerprint density at radius 3 is 2.57 bits per heavy atom. The molecule has 1 fully saturated rings. The van der Waals surface area contributed by atoms with Gasteiger partial charge in [-0.2, -0.15) is 0 Å². The van der Waals surface area contributed by atoms with Crippen LogP contribution in [0.4, 0.5) is 5.69 Å². The van der Waals surface area contributed by atoms with E-state index in [4.69, 9.17) is 0 Å². The van der Waals surface area contributed by atoms with Crippen molar-refractivity contribution >= 4 is 32.8 Å². The van der Waals surface area contributed by atoms with E-state index in [2.05, 4.69) is 24.4 Å². The fourth-order valence-electron chi connectivity index (χ4n) is 2.64. The molecule has 1 amide bonds. The van der Waals surface area contributed by atoms with Gasteiger partial charge in [-0.3, -0.25) is 4.79 Å². The summed E-state index contributed by atoms with van der Waals surface area (Å²) < 4.78 is 23.3. The highest BCUT2D eigenvalue weighted by molar-refractivity contribution is 7.90. The number of carbonyl (C=O) groups is 1. The smallest absolute Gasteiger partial charge is 0.228 e. The van der Waals surface area contributed by atoms with E-state index in [-0.39, 0.29) is 16.7 Å². The van der Waals surface area contributed by atoms with Gasteiger partial charge in [0.05, 0.1) is 4.90 Å². The van der Waals surface area contributed by atoms with E-state index in [9.17, 15) is 13.2 Å². The highest BCUT2D eigenvalue weighted by atomic mass is 32.2. The fraction of sp³-hybridized carbons (Fsp3) is 0.353. The fourth-order valence-corrected chi connectivity index (χ4v) is 4.35. The van der Waals surface area contributed by atoms with Crippen LogP contribution < -0.4 is 5.32 Å². The maximum atomic E-state index is 12.4. The van der Waals surface area contributed by atoms with Gasteiger partial charge in [-0.15, -0.1) is 11.3 Å². The van der Waals surface area contributed by atoms with Gasteiger partial charge in [0.25, 0.3) is 0 Å². The number of nitrogens with one attached hydrogen (secondary N) is 1. The van der Waals surface area contributed by atoms with Gasteiger partial charge in [-0.1, -0.05) is 6.07 Å². The van der Waals surface area contributed by atoms with Gasteiger partial charge >= 0.3 is 0 Å². The summed E-state index contributed by atoms with van der Waals surface area (Å²) in [7, 11) is -3.28. The first kappa shape index (κ1) is 16.2. The third-order valence-corrected chi connectivity index (χ3v) is 6.39. The SMILES string of the molecule is Cc1ccc([C@@H]2C[C@H]2C(=O)Nc2cc(S(C)(=O)=O)ccc2C)s1. The largest absolute Gasteiger partial charge is 0.326 e. The summed E-state index contributed by atoms with van der Waals surface area (Å²) in [4.78, 5) is 15.2. The molecule has 23 heavy (non-hydrogen) atoms. The molecule has 3 rings (SSSR count). The van der Waals surface area contributed by atoms with Crippen molar-refractivity contribution in [3.05, 3.63) is 45.6 Å². The number of carbonyl (C=O) groups excluding carboxylic acids is 1. The Bertz CT molecular complexity index is 868. The first-order valence-corrected chi connectivity index (χ1v) is 10.1. The normalized spacial score (nSPS) is 20.3. The van der Waals surface area contributed by atoms with Gasteiger partial charge in [-0.05, 0) is 50.1 Å². The average molecular weight is 349 g/mol. The molecule has 2 atom stereocenters. The van der Waals surface area contributed by atoms with Crippen molar-refractivity contribution in [3.63, 3.8) is 0 Å². The van der Waals surface area contributed by atoms with Crippen LogP contribution in [-0.4, -0.2) is 20.6 Å². The zero-order valence-corrected chi connectivity index (χ0v) is 14.9. The van der Waals surface area contributed by atoms with Crippen LogP contribution in [0, 0.1) is 19.8 Å². The molecule has 1 heterocycles. The molecule has 6 heteroatoms. The van der Waals surface area contributed by atoms with Crippen LogP contribution in [0.3, 0.4) is 0 Å². The van der Waals surface area contributed by atoms with Crippen molar-refractivity contribution in [1.29, 1.82) is 0 Å². The average Bonchev–Trinajstić information content (AvgIpc) is 3.15. The summed E-state index contributed by atoms with van der Waals surface area (Å²) in [6, 6.07) is 8.99. The number of hydrogen-bond acceptors (Lipinski definition) is 4. The van der Waals surface area contributed by atoms with Crippen molar-refractivity contribution in [2.24, 2.45) is 5.92 Å². The zero-order chi connectivity index (χ0) is 16.8. The minimum atomic E-state index is -3.28. The predicted molar refractivity (Wildman–Crippen MR) is 92.8 cm³/mol. The van der Waals surface area contributed by atoms with E-state index in [1.165, 1.54) is 22.1 Å². The van der Waals surface area contributed by atoms with Gasteiger partial charge < -0.3 is 5.32 Å². The molecule has 0 bridgehead atoms. The minimum Gasteiger partial charge on any atom is -0.326 e. The van der Waals surface area contributed by atoms with E-state index in [0.29, 0.717) is 11.6 Å². The van der Waals surface area contributed by atoms with Crippen molar-refractivity contribution in [2.75, 3.05) is 11.6 Å². The molecule has 4 nitrogen and oxygen atoms in total. The first-order chi connectivity index (χ1) is 10.8. The number of rotatable bonds is 4. The molecule has 2 aromatic rings. The Labute approximate surface area is 140 Å². The van der Waals surface area contributed by atoms with Gasteiger partial charge in [0.2, 0.25) is 5.91 Å². The summed E-state index contributed by atoms with van der Waals surface area (Å²) in [5.41, 5.74) is 1.43. The lowest BCUT2D eigenvalue weighted by atomic mass is 10.2. The lowest BCUT2D eigenvalue weighted by Gasteiger charge is -2.10. The van der Waals surface area contributed by atoms with Crippen LogP contribution in [0.5, 0.6) is 0 Å². The van der Waals surface area contributed by atoms with Gasteiger partial charge in [0.15, 0.2) is 9.84 Å². The Morgan fingerprint density at radius 1 is 1.22 bits per heavy atom.